The van der Waals surface area contributed by atoms with E-state index in [4.69, 9.17) is 29.2 Å². The number of ether oxygens (including phenoxy) is 4. The van der Waals surface area contributed by atoms with E-state index >= 15 is 0 Å². The maximum absolute atomic E-state index is 11.1. The van der Waals surface area contributed by atoms with Crippen LogP contribution in [0, 0.1) is 4.91 Å². The maximum atomic E-state index is 11.1. The fraction of sp³-hybridized carbons (Fsp3) is 0.923. The van der Waals surface area contributed by atoms with Crippen LogP contribution in [-0.4, -0.2) is 94.8 Å². The normalized spacial score (nSPS) is 12.1. The van der Waals surface area contributed by atoms with E-state index in [1.54, 1.807) is 0 Å². The van der Waals surface area contributed by atoms with Crippen molar-refractivity contribution in [1.82, 2.24) is 5.32 Å². The molecule has 0 saturated heterocycles. The molecule has 1 atom stereocenters. The fourth-order valence-electron chi connectivity index (χ4n) is 1.31. The number of rotatable bonds is 17. The Labute approximate surface area is 135 Å². The molecule has 136 valence electrons. The summed E-state index contributed by atoms with van der Waals surface area (Å²) in [6.45, 7) is 2.86. The van der Waals surface area contributed by atoms with E-state index in [-0.39, 0.29) is 19.7 Å². The first-order valence-electron chi connectivity index (χ1n) is 7.39. The summed E-state index contributed by atoms with van der Waals surface area (Å²) in [5, 5.41) is 22.6. The van der Waals surface area contributed by atoms with Crippen LogP contribution in [0.3, 0.4) is 0 Å². The molecule has 0 heterocycles. The Hall–Kier alpha value is -1.17. The first kappa shape index (κ1) is 21.8. The summed E-state index contributed by atoms with van der Waals surface area (Å²) in [5.41, 5.74) is 0. The fourth-order valence-corrected chi connectivity index (χ4v) is 1.31. The minimum Gasteiger partial charge on any atom is -0.393 e. The van der Waals surface area contributed by atoms with Crippen LogP contribution in [0.15, 0.2) is 5.18 Å². The van der Waals surface area contributed by atoms with Gasteiger partial charge in [-0.2, -0.15) is 4.91 Å². The van der Waals surface area contributed by atoms with Gasteiger partial charge in [0.25, 0.3) is 5.91 Å². The number of carbonyl (C=O) groups excluding carboxylic acids is 1. The average molecular weight is 338 g/mol. The highest BCUT2D eigenvalue weighted by Gasteiger charge is 2.11. The van der Waals surface area contributed by atoms with Gasteiger partial charge < -0.3 is 34.5 Å². The molecule has 3 N–H and O–H groups in total. The third-order valence-corrected chi connectivity index (χ3v) is 2.46. The molecule has 0 spiro atoms. The molecule has 0 aromatic rings. The number of nitrogens with zero attached hydrogens (tertiary/aromatic N) is 1. The molecule has 0 saturated carbocycles. The summed E-state index contributed by atoms with van der Waals surface area (Å²) < 4.78 is 20.7. The second kappa shape index (κ2) is 17.2. The number of nitrogens with one attached hydrogen (secondary N) is 1. The second-order valence-electron chi connectivity index (χ2n) is 4.29. The van der Waals surface area contributed by atoms with Crippen molar-refractivity contribution in [3.05, 3.63) is 4.91 Å². The minimum absolute atomic E-state index is 0.148. The highest BCUT2D eigenvalue weighted by Crippen LogP contribution is 1.84. The Balaban J connectivity index is 3.11. The molecule has 0 aliphatic rings. The third-order valence-electron chi connectivity index (χ3n) is 2.46. The summed E-state index contributed by atoms with van der Waals surface area (Å²) in [6.07, 6.45) is -1.40. The summed E-state index contributed by atoms with van der Waals surface area (Å²) in [7, 11) is 0. The molecular formula is C13H26N2O8. The number of aliphatic hydroxyl groups is 2. The van der Waals surface area contributed by atoms with Gasteiger partial charge in [-0.05, 0) is 0 Å². The van der Waals surface area contributed by atoms with Crippen molar-refractivity contribution in [3.8, 4) is 0 Å². The van der Waals surface area contributed by atoms with E-state index in [0.29, 0.717) is 46.2 Å². The Morgan fingerprint density at radius 2 is 1.39 bits per heavy atom. The van der Waals surface area contributed by atoms with E-state index < -0.39 is 18.6 Å². The number of hydrogen-bond acceptors (Lipinski definition) is 9. The molecule has 0 aromatic heterocycles. The van der Waals surface area contributed by atoms with Crippen LogP contribution in [0.1, 0.15) is 0 Å². The molecule has 0 aromatic carbocycles. The van der Waals surface area contributed by atoms with Crippen molar-refractivity contribution < 1.29 is 34.0 Å². The van der Waals surface area contributed by atoms with Crippen LogP contribution in [0.5, 0.6) is 0 Å². The van der Waals surface area contributed by atoms with Gasteiger partial charge in [-0.1, -0.05) is 5.18 Å². The Bertz CT molecular complexity index is 293. The largest absolute Gasteiger partial charge is 0.393 e. The molecular weight excluding hydrogens is 312 g/mol. The van der Waals surface area contributed by atoms with Crippen LogP contribution in [0.2, 0.25) is 0 Å². The summed E-state index contributed by atoms with van der Waals surface area (Å²) in [5.74, 6) is -0.629. The van der Waals surface area contributed by atoms with Crippen molar-refractivity contribution >= 4 is 5.91 Å². The summed E-state index contributed by atoms with van der Waals surface area (Å²) in [4.78, 5) is 20.8. The standard InChI is InChI=1S/C13H26N2O8/c16-11-12(17)13(18)14-1-3-20-5-7-22-9-10-23-8-6-21-4-2-15-19/h12,16-17H,1-11H2,(H,14,18). The zero-order chi connectivity index (χ0) is 17.2. The van der Waals surface area contributed by atoms with Gasteiger partial charge >= 0.3 is 0 Å². The molecule has 1 unspecified atom stereocenters. The lowest BCUT2D eigenvalue weighted by Crippen LogP contribution is -2.38. The van der Waals surface area contributed by atoms with E-state index in [2.05, 4.69) is 10.5 Å². The number of carbonyl (C=O) groups is 1. The van der Waals surface area contributed by atoms with E-state index in [0.717, 1.165) is 0 Å². The first-order valence-corrected chi connectivity index (χ1v) is 7.39. The quantitative estimate of drug-likeness (QED) is 0.211. The van der Waals surface area contributed by atoms with Gasteiger partial charge in [-0.25, -0.2) is 0 Å². The van der Waals surface area contributed by atoms with Crippen LogP contribution in [-0.2, 0) is 23.7 Å². The number of nitroso groups, excluding NO2 is 1. The van der Waals surface area contributed by atoms with Gasteiger partial charge in [-0.3, -0.25) is 4.79 Å². The van der Waals surface area contributed by atoms with Crippen LogP contribution >= 0.6 is 0 Å². The van der Waals surface area contributed by atoms with Gasteiger partial charge in [0.05, 0.1) is 59.5 Å². The number of amides is 1. The molecule has 0 fully saturated rings. The monoisotopic (exact) mass is 338 g/mol. The number of aliphatic hydroxyl groups excluding tert-OH is 2. The van der Waals surface area contributed by atoms with Crippen molar-refractivity contribution in [2.75, 3.05) is 72.6 Å². The molecule has 10 nitrogen and oxygen atoms in total. The first-order chi connectivity index (χ1) is 11.2. The molecule has 10 heteroatoms. The predicted octanol–water partition coefficient (Wildman–Crippen LogP) is -1.71. The van der Waals surface area contributed by atoms with Crippen molar-refractivity contribution in [2.45, 2.75) is 6.10 Å². The van der Waals surface area contributed by atoms with Crippen LogP contribution < -0.4 is 5.32 Å². The third kappa shape index (κ3) is 15.5. The minimum atomic E-state index is -1.40. The number of hydrogen-bond donors (Lipinski definition) is 3. The lowest BCUT2D eigenvalue weighted by Gasteiger charge is -2.09. The summed E-state index contributed by atoms with van der Waals surface area (Å²) >= 11 is 0. The maximum Gasteiger partial charge on any atom is 0.251 e. The van der Waals surface area contributed by atoms with Gasteiger partial charge in [0.1, 0.15) is 6.54 Å². The van der Waals surface area contributed by atoms with Crippen molar-refractivity contribution in [3.63, 3.8) is 0 Å². The van der Waals surface area contributed by atoms with Gasteiger partial charge in [-0.15, -0.1) is 0 Å². The Morgan fingerprint density at radius 1 is 0.913 bits per heavy atom. The van der Waals surface area contributed by atoms with Gasteiger partial charge in [0.2, 0.25) is 0 Å². The van der Waals surface area contributed by atoms with Crippen molar-refractivity contribution in [1.29, 1.82) is 0 Å². The lowest BCUT2D eigenvalue weighted by molar-refractivity contribution is -0.131. The molecule has 0 aliphatic carbocycles. The van der Waals surface area contributed by atoms with E-state index in [1.807, 2.05) is 0 Å². The second-order valence-corrected chi connectivity index (χ2v) is 4.29. The Morgan fingerprint density at radius 3 is 1.87 bits per heavy atom. The molecule has 0 rings (SSSR count). The zero-order valence-electron chi connectivity index (χ0n) is 13.1. The van der Waals surface area contributed by atoms with Crippen LogP contribution in [0.25, 0.3) is 0 Å². The smallest absolute Gasteiger partial charge is 0.251 e. The highest BCUT2D eigenvalue weighted by molar-refractivity contribution is 5.80. The predicted molar refractivity (Wildman–Crippen MR) is 80.0 cm³/mol. The zero-order valence-corrected chi connectivity index (χ0v) is 13.1. The molecule has 0 aliphatic heterocycles. The van der Waals surface area contributed by atoms with E-state index in [9.17, 15) is 9.70 Å². The van der Waals surface area contributed by atoms with Gasteiger partial charge in [0.15, 0.2) is 6.10 Å². The topological polar surface area (TPSA) is 136 Å². The van der Waals surface area contributed by atoms with E-state index in [1.165, 1.54) is 0 Å². The van der Waals surface area contributed by atoms with Crippen LogP contribution in [0.4, 0.5) is 0 Å². The molecule has 1 amide bonds. The lowest BCUT2D eigenvalue weighted by atomic mass is 10.3. The van der Waals surface area contributed by atoms with Gasteiger partial charge in [0, 0.05) is 6.54 Å². The van der Waals surface area contributed by atoms with Crippen molar-refractivity contribution in [2.24, 2.45) is 5.18 Å². The average Bonchev–Trinajstić information content (AvgIpc) is 2.57. The molecule has 0 bridgehead atoms. The Kier molecular flexibility index (Phi) is 16.3. The SMILES string of the molecule is O=NCCOCCOCCOCCOCCNC(=O)C(O)CO. The molecule has 0 radical (unpaired) electrons. The highest BCUT2D eigenvalue weighted by atomic mass is 16.6. The summed E-state index contributed by atoms with van der Waals surface area (Å²) in [6, 6.07) is 0. The molecule has 23 heavy (non-hydrogen) atoms.